The van der Waals surface area contributed by atoms with E-state index in [1.165, 1.54) is 39.6 Å². The van der Waals surface area contributed by atoms with Crippen molar-refractivity contribution in [2.75, 3.05) is 0 Å². The quantitative estimate of drug-likeness (QED) is 0.142. The second-order valence-electron chi connectivity index (χ2n) is 17.5. The summed E-state index contributed by atoms with van der Waals surface area (Å²) in [6.07, 6.45) is 6.89. The van der Waals surface area contributed by atoms with E-state index in [2.05, 4.69) is 142 Å². The molecule has 4 nitrogen and oxygen atoms in total. The van der Waals surface area contributed by atoms with Gasteiger partial charge in [-0.3, -0.25) is 15.0 Å². The minimum Gasteiger partial charge on any atom is -0.455 e. The normalized spacial score (nSPS) is 11.0. The van der Waals surface area contributed by atoms with Gasteiger partial charge in [0, 0.05) is 66.2 Å². The molecule has 4 aromatic heterocycles. The zero-order chi connectivity index (χ0) is 45.3. The zero-order valence-electron chi connectivity index (χ0n) is 38.3. The fourth-order valence-corrected chi connectivity index (χ4v) is 9.69. The SMILES string of the molecule is CC(C)c1cc(-c2ccccc2)ncc1[Si](C)(C)C.CCc1ccnc(-c2ccccc2)c1.Fc1ccc(-c2ccc3c(c2)oc2c(-c4cc(-c5ccccc5)ccn4)cccc23)cc1.[Ir]. The largest absolute Gasteiger partial charge is 0.455 e. The number of benzene rings is 6. The summed E-state index contributed by atoms with van der Waals surface area (Å²) in [5, 5.41) is 3.59. The molecule has 0 N–H and O–H groups in total. The van der Waals surface area contributed by atoms with Gasteiger partial charge in [0.2, 0.25) is 0 Å². The van der Waals surface area contributed by atoms with Crippen LogP contribution < -0.4 is 5.19 Å². The first-order valence-corrected chi connectivity index (χ1v) is 25.8. The summed E-state index contributed by atoms with van der Waals surface area (Å²) in [6, 6.07) is 60.4. The van der Waals surface area contributed by atoms with Crippen LogP contribution in [0.4, 0.5) is 4.39 Å². The number of para-hydroxylation sites is 1. The van der Waals surface area contributed by atoms with Crippen LogP contribution in [0.5, 0.6) is 0 Å². The van der Waals surface area contributed by atoms with E-state index in [1.807, 2.05) is 85.2 Å². The summed E-state index contributed by atoms with van der Waals surface area (Å²) >= 11 is 0. The molecule has 6 aromatic carbocycles. The molecule has 4 heterocycles. The number of pyridine rings is 3. The van der Waals surface area contributed by atoms with Crippen LogP contribution >= 0.6 is 0 Å². The van der Waals surface area contributed by atoms with E-state index in [1.54, 1.807) is 12.1 Å². The van der Waals surface area contributed by atoms with Crippen molar-refractivity contribution in [3.63, 3.8) is 0 Å². The molecule has 0 unspecified atom stereocenters. The summed E-state index contributed by atoms with van der Waals surface area (Å²) in [5.74, 6) is 0.306. The average molecular weight is 1060 g/mol. The van der Waals surface area contributed by atoms with Crippen LogP contribution in [0.25, 0.3) is 78.0 Å². The van der Waals surface area contributed by atoms with E-state index in [0.717, 1.165) is 73.3 Å². The molecule has 0 aliphatic heterocycles. The van der Waals surface area contributed by atoms with Crippen LogP contribution in [0.2, 0.25) is 19.6 Å². The van der Waals surface area contributed by atoms with Gasteiger partial charge in [-0.25, -0.2) is 4.39 Å². The summed E-state index contributed by atoms with van der Waals surface area (Å²) in [5.41, 5.74) is 15.0. The monoisotopic (exact) mass is 1060 g/mol. The molecule has 0 amide bonds. The first-order chi connectivity index (χ1) is 31.6. The van der Waals surface area contributed by atoms with E-state index in [0.29, 0.717) is 5.92 Å². The van der Waals surface area contributed by atoms with Gasteiger partial charge in [-0.2, -0.15) is 0 Å². The first kappa shape index (κ1) is 47.3. The topological polar surface area (TPSA) is 51.8 Å². The van der Waals surface area contributed by atoms with Crippen molar-refractivity contribution >= 4 is 35.2 Å². The standard InChI is InChI=1S/C29H18FNO.C17H23NSi.C13H13N.Ir/c30-23-12-9-20(10-13-23)21-11-14-24-25-7-4-8-26(29(25)32-28(24)18-21)27-17-22(15-16-31-27)19-5-2-1-3-6-19;1-13(2)15-11-16(14-9-7-6-8-10-14)18-12-17(15)19(3,4)5;1-2-11-8-9-14-13(10-11)12-6-4-3-5-7-12;/h1-18H;6-13H,1-5H3;3-10H,2H2,1H3;. The minimum atomic E-state index is -1.33. The van der Waals surface area contributed by atoms with Crippen LogP contribution in [0.15, 0.2) is 205 Å². The first-order valence-electron chi connectivity index (χ1n) is 22.3. The van der Waals surface area contributed by atoms with Crippen molar-refractivity contribution < 1.29 is 28.9 Å². The summed E-state index contributed by atoms with van der Waals surface area (Å²) in [7, 11) is -1.33. The van der Waals surface area contributed by atoms with E-state index in [-0.39, 0.29) is 25.9 Å². The molecule has 0 bridgehead atoms. The number of fused-ring (bicyclic) bond motifs is 3. The fraction of sp³-hybridized carbons (Fsp3) is 0.136. The number of hydrogen-bond donors (Lipinski definition) is 0. The zero-order valence-corrected chi connectivity index (χ0v) is 41.7. The molecule has 0 aliphatic carbocycles. The van der Waals surface area contributed by atoms with Crippen molar-refractivity contribution in [2.45, 2.75) is 52.8 Å². The molecule has 0 atom stereocenters. The predicted octanol–water partition coefficient (Wildman–Crippen LogP) is 15.8. The number of nitrogens with zero attached hydrogens (tertiary/aromatic N) is 3. The number of aryl methyl sites for hydroxylation is 1. The van der Waals surface area contributed by atoms with Crippen LogP contribution in [0.3, 0.4) is 0 Å². The molecular weight excluding hydrogens is 1010 g/mol. The summed E-state index contributed by atoms with van der Waals surface area (Å²) < 4.78 is 19.7. The Morgan fingerprint density at radius 1 is 0.515 bits per heavy atom. The number of hydrogen-bond acceptors (Lipinski definition) is 4. The smallest absolute Gasteiger partial charge is 0.144 e. The molecule has 10 rings (SSSR count). The van der Waals surface area contributed by atoms with Gasteiger partial charge in [0.1, 0.15) is 17.0 Å². The molecular formula is C59H54FIrN3OSi. The number of furan rings is 1. The van der Waals surface area contributed by atoms with Gasteiger partial charge in [0.05, 0.1) is 25.2 Å². The second-order valence-corrected chi connectivity index (χ2v) is 22.5. The maximum atomic E-state index is 13.3. The van der Waals surface area contributed by atoms with E-state index >= 15 is 0 Å². The average Bonchev–Trinajstić information content (AvgIpc) is 3.73. The van der Waals surface area contributed by atoms with Gasteiger partial charge >= 0.3 is 0 Å². The summed E-state index contributed by atoms with van der Waals surface area (Å²) in [6.45, 7) is 13.9. The Morgan fingerprint density at radius 2 is 1.08 bits per heavy atom. The van der Waals surface area contributed by atoms with Crippen molar-refractivity contribution in [3.05, 3.63) is 218 Å². The predicted molar refractivity (Wildman–Crippen MR) is 274 cm³/mol. The molecule has 0 saturated heterocycles. The van der Waals surface area contributed by atoms with Gasteiger partial charge < -0.3 is 4.42 Å². The van der Waals surface area contributed by atoms with E-state index < -0.39 is 8.07 Å². The van der Waals surface area contributed by atoms with Crippen molar-refractivity contribution in [2.24, 2.45) is 0 Å². The minimum absolute atomic E-state index is 0. The third-order valence-corrected chi connectivity index (χ3v) is 13.6. The van der Waals surface area contributed by atoms with E-state index in [4.69, 9.17) is 9.40 Å². The third-order valence-electron chi connectivity index (χ3n) is 11.6. The summed E-state index contributed by atoms with van der Waals surface area (Å²) in [4.78, 5) is 13.7. The van der Waals surface area contributed by atoms with Gasteiger partial charge in [0.15, 0.2) is 0 Å². The molecule has 7 heteroatoms. The van der Waals surface area contributed by atoms with Gasteiger partial charge in [-0.05, 0) is 112 Å². The Bertz CT molecular complexity index is 3150. The van der Waals surface area contributed by atoms with Crippen molar-refractivity contribution in [1.82, 2.24) is 15.0 Å². The van der Waals surface area contributed by atoms with Crippen molar-refractivity contribution in [3.8, 4) is 56.0 Å². The molecule has 10 aromatic rings. The fourth-order valence-electron chi connectivity index (χ4n) is 8.01. The van der Waals surface area contributed by atoms with Crippen LogP contribution in [0, 0.1) is 5.82 Å². The number of rotatable bonds is 8. The Morgan fingerprint density at radius 3 is 1.70 bits per heavy atom. The van der Waals surface area contributed by atoms with Crippen molar-refractivity contribution in [1.29, 1.82) is 0 Å². The molecule has 0 fully saturated rings. The Labute approximate surface area is 403 Å². The third kappa shape index (κ3) is 11.2. The van der Waals surface area contributed by atoms with Gasteiger partial charge in [-0.15, -0.1) is 0 Å². The van der Waals surface area contributed by atoms with Crippen LogP contribution in [0.1, 0.15) is 37.8 Å². The molecule has 0 aliphatic rings. The van der Waals surface area contributed by atoms with E-state index in [9.17, 15) is 4.39 Å². The molecule has 0 saturated carbocycles. The number of halogens is 1. The van der Waals surface area contributed by atoms with Crippen LogP contribution in [-0.4, -0.2) is 23.0 Å². The maximum absolute atomic E-state index is 13.3. The Kier molecular flexibility index (Phi) is 15.5. The Hall–Kier alpha value is -6.63. The van der Waals surface area contributed by atoms with Crippen LogP contribution in [-0.2, 0) is 26.5 Å². The van der Waals surface area contributed by atoms with Gasteiger partial charge in [0.25, 0.3) is 0 Å². The maximum Gasteiger partial charge on any atom is 0.144 e. The Balaban J connectivity index is 0.000000162. The number of aromatic nitrogens is 3. The second kappa shape index (κ2) is 21.6. The van der Waals surface area contributed by atoms with Gasteiger partial charge in [-0.1, -0.05) is 162 Å². The molecule has 1 radical (unpaired) electrons. The molecule has 331 valence electrons. The molecule has 66 heavy (non-hydrogen) atoms. The molecule has 0 spiro atoms.